The number of aromatic nitrogens is 4. The van der Waals surface area contributed by atoms with Crippen LogP contribution in [0, 0.1) is 0 Å². The molecule has 0 atom stereocenters. The molecule has 0 aliphatic heterocycles. The van der Waals surface area contributed by atoms with Gasteiger partial charge in [0.05, 0.1) is 36.4 Å². The van der Waals surface area contributed by atoms with E-state index in [4.69, 9.17) is 9.47 Å². The van der Waals surface area contributed by atoms with Gasteiger partial charge in [0.2, 0.25) is 11.1 Å². The minimum atomic E-state index is -0.488. The van der Waals surface area contributed by atoms with E-state index >= 15 is 0 Å². The van der Waals surface area contributed by atoms with E-state index in [1.807, 2.05) is 36.4 Å². The van der Waals surface area contributed by atoms with E-state index in [2.05, 4.69) is 20.6 Å². The fraction of sp³-hybridized carbons (Fsp3) is 0.174. The van der Waals surface area contributed by atoms with Crippen LogP contribution in [-0.4, -0.2) is 51.2 Å². The van der Waals surface area contributed by atoms with Crippen molar-refractivity contribution in [2.75, 3.05) is 24.8 Å². The predicted molar refractivity (Wildman–Crippen MR) is 125 cm³/mol. The zero-order chi connectivity index (χ0) is 23.2. The summed E-state index contributed by atoms with van der Waals surface area (Å²) >= 11 is 1.19. The van der Waals surface area contributed by atoms with E-state index in [1.54, 1.807) is 42.8 Å². The highest BCUT2D eigenvalue weighted by Crippen LogP contribution is 2.28. The van der Waals surface area contributed by atoms with Crippen molar-refractivity contribution in [3.63, 3.8) is 0 Å². The van der Waals surface area contributed by atoms with Gasteiger partial charge in [0.25, 0.3) is 0 Å². The van der Waals surface area contributed by atoms with E-state index in [9.17, 15) is 9.59 Å². The molecule has 0 fully saturated rings. The number of nitrogens with zero attached hydrogens (tertiary/aromatic N) is 4. The Balaban J connectivity index is 1.50. The van der Waals surface area contributed by atoms with Crippen molar-refractivity contribution in [3.05, 3.63) is 66.2 Å². The first-order valence-corrected chi connectivity index (χ1v) is 11.1. The molecule has 9 nitrogen and oxygen atoms in total. The molecule has 33 heavy (non-hydrogen) atoms. The number of methoxy groups -OCH3 is 1. The number of anilines is 1. The van der Waals surface area contributed by atoms with Gasteiger partial charge in [0, 0.05) is 5.56 Å². The zero-order valence-electron chi connectivity index (χ0n) is 18.0. The fourth-order valence-corrected chi connectivity index (χ4v) is 3.84. The van der Waals surface area contributed by atoms with E-state index in [1.165, 1.54) is 11.8 Å². The molecule has 168 valence electrons. The quantitative estimate of drug-likeness (QED) is 0.311. The highest BCUT2D eigenvalue weighted by Gasteiger charge is 2.16. The fourth-order valence-electron chi connectivity index (χ4n) is 3.15. The predicted octanol–water partition coefficient (Wildman–Crippen LogP) is 3.71. The Labute approximate surface area is 194 Å². The summed E-state index contributed by atoms with van der Waals surface area (Å²) in [6.07, 6.45) is 0. The maximum absolute atomic E-state index is 12.6. The third-order valence-corrected chi connectivity index (χ3v) is 5.57. The summed E-state index contributed by atoms with van der Waals surface area (Å²) in [7, 11) is 1.61. The second-order valence-electron chi connectivity index (χ2n) is 6.77. The number of para-hydroxylation sites is 2. The Morgan fingerprint density at radius 3 is 2.64 bits per heavy atom. The van der Waals surface area contributed by atoms with Gasteiger partial charge in [-0.1, -0.05) is 36.0 Å². The van der Waals surface area contributed by atoms with Gasteiger partial charge in [-0.2, -0.15) is 9.61 Å². The summed E-state index contributed by atoms with van der Waals surface area (Å²) < 4.78 is 12.1. The van der Waals surface area contributed by atoms with E-state index in [-0.39, 0.29) is 18.3 Å². The van der Waals surface area contributed by atoms with Crippen molar-refractivity contribution in [1.29, 1.82) is 0 Å². The molecule has 0 bridgehead atoms. The van der Waals surface area contributed by atoms with Crippen molar-refractivity contribution in [3.8, 4) is 17.0 Å². The number of fused-ring (bicyclic) bond motifs is 1. The molecular weight excluding hydrogens is 442 g/mol. The minimum absolute atomic E-state index is 0.0541. The van der Waals surface area contributed by atoms with Gasteiger partial charge in [-0.05, 0) is 43.3 Å². The minimum Gasteiger partial charge on any atom is -0.496 e. The number of carbonyl (C=O) groups is 2. The molecule has 0 saturated heterocycles. The number of nitrogens with one attached hydrogen (secondary N) is 1. The van der Waals surface area contributed by atoms with Crippen molar-refractivity contribution in [1.82, 2.24) is 19.8 Å². The summed E-state index contributed by atoms with van der Waals surface area (Å²) in [5, 5.41) is 16.1. The van der Waals surface area contributed by atoms with Crippen molar-refractivity contribution in [2.24, 2.45) is 0 Å². The second kappa shape index (κ2) is 10.1. The van der Waals surface area contributed by atoms with Gasteiger partial charge in [-0.3, -0.25) is 4.79 Å². The van der Waals surface area contributed by atoms with Crippen LogP contribution in [0.1, 0.15) is 17.3 Å². The van der Waals surface area contributed by atoms with Crippen molar-refractivity contribution >= 4 is 35.0 Å². The van der Waals surface area contributed by atoms with E-state index < -0.39 is 5.97 Å². The number of thioether (sulfide) groups is 1. The SMILES string of the molecule is CCOC(=O)c1ccccc1NC(=O)CSc1nnc2ccc(-c3ccccc3OC)nn12. The van der Waals surface area contributed by atoms with E-state index in [0.29, 0.717) is 33.5 Å². The summed E-state index contributed by atoms with van der Waals surface area (Å²) in [5.74, 6) is -0.0309. The third kappa shape index (κ3) is 4.96. The van der Waals surface area contributed by atoms with Crippen LogP contribution in [0.25, 0.3) is 16.9 Å². The molecule has 2 aromatic heterocycles. The van der Waals surface area contributed by atoms with Crippen LogP contribution < -0.4 is 10.1 Å². The average molecular weight is 464 g/mol. The van der Waals surface area contributed by atoms with Crippen LogP contribution >= 0.6 is 11.8 Å². The highest BCUT2D eigenvalue weighted by molar-refractivity contribution is 7.99. The summed E-state index contributed by atoms with van der Waals surface area (Å²) in [4.78, 5) is 24.7. The first-order valence-electron chi connectivity index (χ1n) is 10.2. The van der Waals surface area contributed by atoms with Crippen LogP contribution in [0.2, 0.25) is 0 Å². The molecule has 0 radical (unpaired) electrons. The number of amides is 1. The normalized spacial score (nSPS) is 10.7. The Morgan fingerprint density at radius 2 is 1.82 bits per heavy atom. The van der Waals surface area contributed by atoms with Gasteiger partial charge < -0.3 is 14.8 Å². The van der Waals surface area contributed by atoms with Crippen LogP contribution in [0.3, 0.4) is 0 Å². The number of hydrogen-bond acceptors (Lipinski definition) is 8. The summed E-state index contributed by atoms with van der Waals surface area (Å²) in [6, 6.07) is 17.9. The zero-order valence-corrected chi connectivity index (χ0v) is 18.8. The Morgan fingerprint density at radius 1 is 1.03 bits per heavy atom. The lowest BCUT2D eigenvalue weighted by Crippen LogP contribution is -2.17. The van der Waals surface area contributed by atoms with Gasteiger partial charge >= 0.3 is 5.97 Å². The van der Waals surface area contributed by atoms with Gasteiger partial charge in [-0.15, -0.1) is 10.2 Å². The van der Waals surface area contributed by atoms with Crippen molar-refractivity contribution < 1.29 is 19.1 Å². The number of hydrogen-bond donors (Lipinski definition) is 1. The van der Waals surface area contributed by atoms with Crippen LogP contribution in [0.5, 0.6) is 5.75 Å². The highest BCUT2D eigenvalue weighted by atomic mass is 32.2. The molecule has 1 N–H and O–H groups in total. The molecule has 4 rings (SSSR count). The first-order chi connectivity index (χ1) is 16.1. The lowest BCUT2D eigenvalue weighted by Gasteiger charge is -2.10. The molecule has 1 amide bonds. The number of carbonyl (C=O) groups excluding carboxylic acids is 2. The van der Waals surface area contributed by atoms with Crippen LogP contribution in [-0.2, 0) is 9.53 Å². The monoisotopic (exact) mass is 463 g/mol. The number of benzene rings is 2. The maximum atomic E-state index is 12.6. The lowest BCUT2D eigenvalue weighted by molar-refractivity contribution is -0.113. The first kappa shape index (κ1) is 22.3. The standard InChI is InChI=1S/C23H21N5O4S/c1-3-32-22(30)16-9-4-6-10-17(16)24-21(29)14-33-23-26-25-20-13-12-18(27-28(20)23)15-8-5-7-11-19(15)31-2/h4-13H,3,14H2,1-2H3,(H,24,29). The molecular formula is C23H21N5O4S. The van der Waals surface area contributed by atoms with Crippen molar-refractivity contribution in [2.45, 2.75) is 12.1 Å². The molecule has 0 aliphatic rings. The molecule has 2 heterocycles. The van der Waals surface area contributed by atoms with Gasteiger partial charge in [-0.25, -0.2) is 4.79 Å². The van der Waals surface area contributed by atoms with Crippen LogP contribution in [0.15, 0.2) is 65.8 Å². The summed E-state index contributed by atoms with van der Waals surface area (Å²) in [6.45, 7) is 1.98. The average Bonchev–Trinajstić information content (AvgIpc) is 3.25. The Kier molecular flexibility index (Phi) is 6.84. The largest absolute Gasteiger partial charge is 0.496 e. The summed E-state index contributed by atoms with van der Waals surface area (Å²) in [5.41, 5.74) is 2.77. The molecule has 2 aromatic carbocycles. The molecule has 0 spiro atoms. The Hall–Kier alpha value is -3.92. The van der Waals surface area contributed by atoms with Crippen LogP contribution in [0.4, 0.5) is 5.69 Å². The molecule has 0 unspecified atom stereocenters. The molecule has 10 heteroatoms. The number of esters is 1. The number of rotatable bonds is 8. The van der Waals surface area contributed by atoms with Gasteiger partial charge in [0.1, 0.15) is 5.75 Å². The smallest absolute Gasteiger partial charge is 0.340 e. The Bertz CT molecular complexity index is 1310. The van der Waals surface area contributed by atoms with E-state index in [0.717, 1.165) is 5.56 Å². The maximum Gasteiger partial charge on any atom is 0.340 e. The third-order valence-electron chi connectivity index (χ3n) is 4.65. The topological polar surface area (TPSA) is 108 Å². The number of ether oxygens (including phenoxy) is 2. The van der Waals surface area contributed by atoms with Gasteiger partial charge in [0.15, 0.2) is 5.65 Å². The molecule has 0 aliphatic carbocycles. The lowest BCUT2D eigenvalue weighted by atomic mass is 10.1. The second-order valence-corrected chi connectivity index (χ2v) is 7.72. The molecule has 4 aromatic rings. The molecule has 0 saturated carbocycles.